The first-order valence-corrected chi connectivity index (χ1v) is 7.99. The van der Waals surface area contributed by atoms with Crippen LogP contribution in [-0.4, -0.2) is 29.4 Å². The number of amides is 1. The molecule has 1 fully saturated rings. The largest absolute Gasteiger partial charge is 0.324 e. The molecule has 1 aromatic rings. The van der Waals surface area contributed by atoms with Crippen LogP contribution in [0.4, 0.5) is 5.69 Å². The summed E-state index contributed by atoms with van der Waals surface area (Å²) in [4.78, 5) is 14.9. The van der Waals surface area contributed by atoms with E-state index in [9.17, 15) is 4.79 Å². The van der Waals surface area contributed by atoms with Crippen molar-refractivity contribution in [2.75, 3.05) is 18.4 Å². The number of nitrogens with zero attached hydrogens (tertiary/aromatic N) is 1. The number of anilines is 1. The van der Waals surface area contributed by atoms with Crippen molar-refractivity contribution >= 4 is 11.6 Å². The van der Waals surface area contributed by atoms with Crippen LogP contribution < -0.4 is 11.1 Å². The van der Waals surface area contributed by atoms with Crippen molar-refractivity contribution < 1.29 is 4.79 Å². The summed E-state index contributed by atoms with van der Waals surface area (Å²) in [6.07, 6.45) is 3.82. The molecule has 116 valence electrons. The monoisotopic (exact) mass is 289 g/mol. The summed E-state index contributed by atoms with van der Waals surface area (Å²) in [5, 5.41) is 3.04. The van der Waals surface area contributed by atoms with Crippen molar-refractivity contribution in [3.63, 3.8) is 0 Å². The van der Waals surface area contributed by atoms with Gasteiger partial charge in [0.25, 0.3) is 0 Å². The molecule has 0 atom stereocenters. The average Bonchev–Trinajstić information content (AvgIpc) is 3.01. The minimum atomic E-state index is -0.777. The maximum atomic E-state index is 12.4. The van der Waals surface area contributed by atoms with E-state index < -0.39 is 5.54 Å². The van der Waals surface area contributed by atoms with Gasteiger partial charge in [0.1, 0.15) is 0 Å². The zero-order valence-corrected chi connectivity index (χ0v) is 13.2. The van der Waals surface area contributed by atoms with Crippen LogP contribution in [0.5, 0.6) is 0 Å². The molecule has 1 amide bonds. The summed E-state index contributed by atoms with van der Waals surface area (Å²) in [6.45, 7) is 7.10. The van der Waals surface area contributed by atoms with Crippen LogP contribution in [0.25, 0.3) is 0 Å². The van der Waals surface area contributed by atoms with E-state index in [4.69, 9.17) is 5.73 Å². The molecule has 0 aromatic heterocycles. The van der Waals surface area contributed by atoms with Crippen LogP contribution in [0.1, 0.15) is 45.1 Å². The first-order valence-electron chi connectivity index (χ1n) is 7.99. The number of hydrogen-bond acceptors (Lipinski definition) is 3. The maximum Gasteiger partial charge on any atom is 0.244 e. The lowest BCUT2D eigenvalue weighted by Gasteiger charge is -2.26. The normalized spacial score (nSPS) is 16.1. The summed E-state index contributed by atoms with van der Waals surface area (Å²) in [5.41, 5.74) is 7.47. The van der Waals surface area contributed by atoms with Gasteiger partial charge in [0, 0.05) is 12.2 Å². The molecule has 4 nitrogen and oxygen atoms in total. The standard InChI is InChI=1S/C17H27N3O/c1-3-17(18,4-2)16(21)19-15-10-6-5-9-14(15)13-20-11-7-8-12-20/h5-6,9-10H,3-4,7-8,11-13,18H2,1-2H3,(H,19,21). The highest BCUT2D eigenvalue weighted by molar-refractivity contribution is 5.98. The number of likely N-dealkylation sites (tertiary alicyclic amines) is 1. The second-order valence-electron chi connectivity index (χ2n) is 5.96. The molecular weight excluding hydrogens is 262 g/mol. The summed E-state index contributed by atoms with van der Waals surface area (Å²) in [5.74, 6) is -0.0821. The second-order valence-corrected chi connectivity index (χ2v) is 5.96. The Morgan fingerprint density at radius 1 is 1.24 bits per heavy atom. The molecular formula is C17H27N3O. The lowest BCUT2D eigenvalue weighted by atomic mass is 9.93. The number of para-hydroxylation sites is 1. The Morgan fingerprint density at radius 2 is 1.86 bits per heavy atom. The van der Waals surface area contributed by atoms with Crippen LogP contribution in [-0.2, 0) is 11.3 Å². The number of rotatable bonds is 6. The van der Waals surface area contributed by atoms with Crippen molar-refractivity contribution in [2.24, 2.45) is 5.73 Å². The summed E-state index contributed by atoms with van der Waals surface area (Å²) in [7, 11) is 0. The quantitative estimate of drug-likeness (QED) is 0.846. The summed E-state index contributed by atoms with van der Waals surface area (Å²) in [6, 6.07) is 8.04. The van der Waals surface area contributed by atoms with Crippen LogP contribution in [0, 0.1) is 0 Å². The van der Waals surface area contributed by atoms with E-state index in [0.717, 1.165) is 25.3 Å². The molecule has 4 heteroatoms. The van der Waals surface area contributed by atoms with Crippen molar-refractivity contribution in [1.82, 2.24) is 4.90 Å². The Balaban J connectivity index is 2.10. The first-order chi connectivity index (χ1) is 10.1. The molecule has 21 heavy (non-hydrogen) atoms. The van der Waals surface area contributed by atoms with Crippen LogP contribution in [0.2, 0.25) is 0 Å². The third kappa shape index (κ3) is 3.83. The number of hydrogen-bond donors (Lipinski definition) is 2. The fourth-order valence-corrected chi connectivity index (χ4v) is 2.78. The number of nitrogens with two attached hydrogens (primary N) is 1. The molecule has 0 saturated carbocycles. The zero-order chi connectivity index (χ0) is 15.3. The molecule has 1 saturated heterocycles. The highest BCUT2D eigenvalue weighted by Crippen LogP contribution is 2.22. The minimum Gasteiger partial charge on any atom is -0.324 e. The number of benzene rings is 1. The minimum absolute atomic E-state index is 0.0821. The molecule has 1 heterocycles. The van der Waals surface area contributed by atoms with Gasteiger partial charge in [0.2, 0.25) is 5.91 Å². The smallest absolute Gasteiger partial charge is 0.244 e. The van der Waals surface area contributed by atoms with Crippen molar-refractivity contribution in [1.29, 1.82) is 0 Å². The fraction of sp³-hybridized carbons (Fsp3) is 0.588. The zero-order valence-electron chi connectivity index (χ0n) is 13.2. The fourth-order valence-electron chi connectivity index (χ4n) is 2.78. The van der Waals surface area contributed by atoms with E-state index in [0.29, 0.717) is 12.8 Å². The Morgan fingerprint density at radius 3 is 2.48 bits per heavy atom. The number of carbonyl (C=O) groups excluding carboxylic acids is 1. The van der Waals surface area contributed by atoms with Gasteiger partial charge < -0.3 is 11.1 Å². The van der Waals surface area contributed by atoms with Gasteiger partial charge in [-0.1, -0.05) is 32.0 Å². The Hall–Kier alpha value is -1.39. The predicted octanol–water partition coefficient (Wildman–Crippen LogP) is 2.74. The lowest BCUT2D eigenvalue weighted by molar-refractivity contribution is -0.121. The van der Waals surface area contributed by atoms with E-state index in [2.05, 4.69) is 16.3 Å². The van der Waals surface area contributed by atoms with E-state index >= 15 is 0 Å². The van der Waals surface area contributed by atoms with Gasteiger partial charge in [0.15, 0.2) is 0 Å². The molecule has 0 aliphatic carbocycles. The van der Waals surface area contributed by atoms with E-state index in [1.807, 2.05) is 32.0 Å². The molecule has 0 spiro atoms. The van der Waals surface area contributed by atoms with Crippen LogP contribution in [0.15, 0.2) is 24.3 Å². The SMILES string of the molecule is CCC(N)(CC)C(=O)Nc1ccccc1CN1CCCC1. The predicted molar refractivity (Wildman–Crippen MR) is 87.1 cm³/mol. The molecule has 0 bridgehead atoms. The Labute approximate surface area is 127 Å². The topological polar surface area (TPSA) is 58.4 Å². The molecule has 1 aliphatic heterocycles. The summed E-state index contributed by atoms with van der Waals surface area (Å²) < 4.78 is 0. The van der Waals surface area contributed by atoms with E-state index in [1.165, 1.54) is 18.4 Å². The Kier molecular flexibility index (Phi) is 5.37. The molecule has 2 rings (SSSR count). The van der Waals surface area contributed by atoms with Crippen molar-refractivity contribution in [2.45, 2.75) is 51.6 Å². The van der Waals surface area contributed by atoms with Gasteiger partial charge >= 0.3 is 0 Å². The third-order valence-electron chi connectivity index (χ3n) is 4.57. The van der Waals surface area contributed by atoms with Crippen LogP contribution in [0.3, 0.4) is 0 Å². The Bertz CT molecular complexity index is 477. The molecule has 3 N–H and O–H groups in total. The molecule has 1 aliphatic rings. The van der Waals surface area contributed by atoms with E-state index in [-0.39, 0.29) is 5.91 Å². The molecule has 0 radical (unpaired) electrons. The van der Waals surface area contributed by atoms with Crippen molar-refractivity contribution in [3.8, 4) is 0 Å². The van der Waals surface area contributed by atoms with Gasteiger partial charge in [-0.3, -0.25) is 9.69 Å². The van der Waals surface area contributed by atoms with Crippen molar-refractivity contribution in [3.05, 3.63) is 29.8 Å². The number of carbonyl (C=O) groups is 1. The highest BCUT2D eigenvalue weighted by atomic mass is 16.2. The van der Waals surface area contributed by atoms with Gasteiger partial charge in [-0.2, -0.15) is 0 Å². The highest BCUT2D eigenvalue weighted by Gasteiger charge is 2.30. The lowest BCUT2D eigenvalue weighted by Crippen LogP contribution is -2.50. The van der Waals surface area contributed by atoms with E-state index in [1.54, 1.807) is 0 Å². The molecule has 1 aromatic carbocycles. The first kappa shape index (κ1) is 16.0. The second kappa shape index (κ2) is 7.05. The van der Waals surface area contributed by atoms with Gasteiger partial charge in [-0.05, 0) is 50.4 Å². The van der Waals surface area contributed by atoms with Gasteiger partial charge in [-0.25, -0.2) is 0 Å². The number of nitrogens with one attached hydrogen (secondary N) is 1. The maximum absolute atomic E-state index is 12.4. The molecule has 0 unspecified atom stereocenters. The average molecular weight is 289 g/mol. The van der Waals surface area contributed by atoms with Gasteiger partial charge in [0.05, 0.1) is 5.54 Å². The summed E-state index contributed by atoms with van der Waals surface area (Å²) >= 11 is 0. The van der Waals surface area contributed by atoms with Crippen LogP contribution >= 0.6 is 0 Å². The third-order valence-corrected chi connectivity index (χ3v) is 4.57. The van der Waals surface area contributed by atoms with Gasteiger partial charge in [-0.15, -0.1) is 0 Å².